The van der Waals surface area contributed by atoms with Crippen molar-refractivity contribution in [2.45, 2.75) is 25.4 Å². The molecule has 1 aliphatic heterocycles. The Kier molecular flexibility index (Phi) is 3.35. The molecule has 1 saturated heterocycles. The second-order valence-electron chi connectivity index (χ2n) is 5.97. The summed E-state index contributed by atoms with van der Waals surface area (Å²) in [4.78, 5) is 19.1. The van der Waals surface area contributed by atoms with Gasteiger partial charge in [0, 0.05) is 43.7 Å². The molecule has 0 aromatic carbocycles. The Morgan fingerprint density at radius 3 is 3.18 bits per heavy atom. The van der Waals surface area contributed by atoms with Crippen LogP contribution in [0.1, 0.15) is 30.3 Å². The lowest BCUT2D eigenvalue weighted by atomic mass is 10.1. The van der Waals surface area contributed by atoms with Crippen molar-refractivity contribution in [3.63, 3.8) is 0 Å². The summed E-state index contributed by atoms with van der Waals surface area (Å²) in [7, 11) is 2.10. The fourth-order valence-electron chi connectivity index (χ4n) is 3.53. The third-order valence-electron chi connectivity index (χ3n) is 4.59. The van der Waals surface area contributed by atoms with E-state index in [1.807, 2.05) is 5.38 Å². The van der Waals surface area contributed by atoms with Crippen molar-refractivity contribution in [3.05, 3.63) is 57.7 Å². The van der Waals surface area contributed by atoms with Gasteiger partial charge < -0.3 is 9.47 Å². The van der Waals surface area contributed by atoms with Gasteiger partial charge in [-0.2, -0.15) is 0 Å². The number of rotatable bonds is 3. The van der Waals surface area contributed by atoms with Crippen LogP contribution >= 0.6 is 11.3 Å². The minimum absolute atomic E-state index is 0.0234. The van der Waals surface area contributed by atoms with Crippen LogP contribution in [0.15, 0.2) is 40.8 Å². The molecule has 0 spiro atoms. The van der Waals surface area contributed by atoms with Gasteiger partial charge in [0.1, 0.15) is 18.3 Å². The van der Waals surface area contributed by atoms with E-state index in [1.54, 1.807) is 16.7 Å². The third-order valence-corrected chi connectivity index (χ3v) is 5.35. The molecular weight excluding hydrogens is 296 g/mol. The zero-order valence-corrected chi connectivity index (χ0v) is 13.3. The highest BCUT2D eigenvalue weighted by Crippen LogP contribution is 2.19. The predicted octanol–water partition coefficient (Wildman–Crippen LogP) is 1.01. The van der Waals surface area contributed by atoms with E-state index < -0.39 is 0 Å². The van der Waals surface area contributed by atoms with Gasteiger partial charge >= 0.3 is 0 Å². The number of aryl methyl sites for hydroxylation is 1. The van der Waals surface area contributed by atoms with Crippen molar-refractivity contribution in [1.82, 2.24) is 14.0 Å². The van der Waals surface area contributed by atoms with Gasteiger partial charge in [-0.15, -0.1) is 11.3 Å². The normalized spacial score (nSPS) is 21.7. The first-order valence-electron chi connectivity index (χ1n) is 7.64. The Balaban J connectivity index is 1.64. The Labute approximate surface area is 132 Å². The predicted molar refractivity (Wildman–Crippen MR) is 86.3 cm³/mol. The summed E-state index contributed by atoms with van der Waals surface area (Å²) >= 11 is 1.51. The Hall–Kier alpha value is -1.92. The Morgan fingerprint density at radius 2 is 2.36 bits per heavy atom. The molecule has 6 heteroatoms. The van der Waals surface area contributed by atoms with Gasteiger partial charge in [0.25, 0.3) is 5.56 Å². The molecule has 0 aliphatic carbocycles. The number of aromatic nitrogens is 3. The SMILES string of the molecule is Cn1cccc1[C@H]1CCC[NH+]1Cc1cc(=O)n2ccsc2n1. The maximum atomic E-state index is 12.1. The lowest BCUT2D eigenvalue weighted by Gasteiger charge is -2.21. The highest BCUT2D eigenvalue weighted by molar-refractivity contribution is 7.15. The molecule has 1 fully saturated rings. The summed E-state index contributed by atoms with van der Waals surface area (Å²) in [6.07, 6.45) is 6.32. The van der Waals surface area contributed by atoms with Crippen LogP contribution < -0.4 is 10.5 Å². The highest BCUT2D eigenvalue weighted by atomic mass is 32.1. The Bertz CT molecular complexity index is 862. The summed E-state index contributed by atoms with van der Waals surface area (Å²) < 4.78 is 3.82. The van der Waals surface area contributed by atoms with Crippen LogP contribution in [0.4, 0.5) is 0 Å². The number of hydrogen-bond donors (Lipinski definition) is 1. The van der Waals surface area contributed by atoms with E-state index >= 15 is 0 Å². The van der Waals surface area contributed by atoms with Crippen LogP contribution in [0.2, 0.25) is 0 Å². The third kappa shape index (κ3) is 2.28. The number of nitrogens with zero attached hydrogens (tertiary/aromatic N) is 3. The monoisotopic (exact) mass is 315 g/mol. The van der Waals surface area contributed by atoms with Gasteiger partial charge in [-0.05, 0) is 12.1 Å². The molecule has 1 unspecified atom stereocenters. The maximum Gasteiger partial charge on any atom is 0.258 e. The van der Waals surface area contributed by atoms with E-state index in [-0.39, 0.29) is 5.56 Å². The molecule has 3 aromatic rings. The standard InChI is InChI=1S/C16H18N4OS/c1-18-6-2-4-13(18)14-5-3-7-19(14)11-12-10-15(21)20-8-9-22-16(20)17-12/h2,4,6,8-10,14H,3,5,7,11H2,1H3/p+1/t14-/m1/s1. The molecule has 4 heterocycles. The molecule has 3 aromatic heterocycles. The molecule has 0 saturated carbocycles. The average molecular weight is 315 g/mol. The average Bonchev–Trinajstić information content (AvgIpc) is 3.19. The van der Waals surface area contributed by atoms with E-state index in [0.717, 1.165) is 23.7 Å². The zero-order chi connectivity index (χ0) is 15.1. The van der Waals surface area contributed by atoms with E-state index in [0.29, 0.717) is 6.04 Å². The van der Waals surface area contributed by atoms with E-state index in [9.17, 15) is 4.79 Å². The number of thiazole rings is 1. The highest BCUT2D eigenvalue weighted by Gasteiger charge is 2.32. The fourth-order valence-corrected chi connectivity index (χ4v) is 4.27. The number of hydrogen-bond acceptors (Lipinski definition) is 3. The fraction of sp³-hybridized carbons (Fsp3) is 0.375. The number of fused-ring (bicyclic) bond motifs is 1. The van der Waals surface area contributed by atoms with Gasteiger partial charge in [-0.25, -0.2) is 4.98 Å². The van der Waals surface area contributed by atoms with Crippen LogP contribution in [-0.2, 0) is 13.6 Å². The first-order chi connectivity index (χ1) is 10.7. The molecule has 0 amide bonds. The van der Waals surface area contributed by atoms with Gasteiger partial charge in [-0.1, -0.05) is 0 Å². The van der Waals surface area contributed by atoms with Gasteiger partial charge in [0.15, 0.2) is 4.96 Å². The molecule has 4 rings (SSSR count). The second-order valence-corrected chi connectivity index (χ2v) is 6.84. The minimum atomic E-state index is 0.0234. The molecule has 1 N–H and O–H groups in total. The quantitative estimate of drug-likeness (QED) is 0.784. The van der Waals surface area contributed by atoms with Crippen molar-refractivity contribution in [3.8, 4) is 0 Å². The summed E-state index contributed by atoms with van der Waals surface area (Å²) in [6, 6.07) is 6.50. The summed E-state index contributed by atoms with van der Waals surface area (Å²) in [5, 5.41) is 1.91. The molecule has 2 atom stereocenters. The van der Waals surface area contributed by atoms with E-state index in [4.69, 9.17) is 0 Å². The smallest absolute Gasteiger partial charge is 0.258 e. The Morgan fingerprint density at radius 1 is 1.45 bits per heavy atom. The van der Waals surface area contributed by atoms with Crippen molar-refractivity contribution in [2.24, 2.45) is 7.05 Å². The van der Waals surface area contributed by atoms with E-state index in [2.05, 4.69) is 34.9 Å². The second kappa shape index (κ2) is 5.37. The molecule has 0 bridgehead atoms. The molecule has 5 nitrogen and oxygen atoms in total. The van der Waals surface area contributed by atoms with Gasteiger partial charge in [0.2, 0.25) is 0 Å². The number of quaternary nitrogens is 1. The van der Waals surface area contributed by atoms with Crippen LogP contribution in [0.5, 0.6) is 0 Å². The molecule has 22 heavy (non-hydrogen) atoms. The number of nitrogens with one attached hydrogen (secondary N) is 1. The largest absolute Gasteiger partial charge is 0.350 e. The van der Waals surface area contributed by atoms with Crippen LogP contribution in [-0.4, -0.2) is 20.5 Å². The summed E-state index contributed by atoms with van der Waals surface area (Å²) in [6.45, 7) is 1.96. The molecule has 0 radical (unpaired) electrons. The van der Waals surface area contributed by atoms with Crippen molar-refractivity contribution in [2.75, 3.05) is 6.54 Å². The van der Waals surface area contributed by atoms with Gasteiger partial charge in [-0.3, -0.25) is 9.20 Å². The molecule has 1 aliphatic rings. The van der Waals surface area contributed by atoms with Crippen molar-refractivity contribution in [1.29, 1.82) is 0 Å². The first-order valence-corrected chi connectivity index (χ1v) is 8.52. The number of likely N-dealkylation sites (tertiary alicyclic amines) is 1. The van der Waals surface area contributed by atoms with E-state index in [1.165, 1.54) is 34.8 Å². The van der Waals surface area contributed by atoms with Gasteiger partial charge in [0.05, 0.1) is 12.2 Å². The van der Waals surface area contributed by atoms with Crippen LogP contribution in [0.3, 0.4) is 0 Å². The van der Waals surface area contributed by atoms with Crippen LogP contribution in [0.25, 0.3) is 4.96 Å². The molecular formula is C16H19N4OS+. The minimum Gasteiger partial charge on any atom is -0.350 e. The first kappa shape index (κ1) is 13.7. The topological polar surface area (TPSA) is 43.7 Å². The lowest BCUT2D eigenvalue weighted by Crippen LogP contribution is -3.09. The van der Waals surface area contributed by atoms with Crippen molar-refractivity contribution >= 4 is 16.3 Å². The molecule has 114 valence electrons. The van der Waals surface area contributed by atoms with Crippen LogP contribution in [0, 0.1) is 0 Å². The lowest BCUT2D eigenvalue weighted by molar-refractivity contribution is -0.932. The van der Waals surface area contributed by atoms with Crippen molar-refractivity contribution < 1.29 is 4.90 Å². The summed E-state index contributed by atoms with van der Waals surface area (Å²) in [5.74, 6) is 0. The zero-order valence-electron chi connectivity index (χ0n) is 12.5. The summed E-state index contributed by atoms with van der Waals surface area (Å²) in [5.41, 5.74) is 2.31. The maximum absolute atomic E-state index is 12.1.